The Morgan fingerprint density at radius 1 is 0.984 bits per heavy atom. The predicted octanol–water partition coefficient (Wildman–Crippen LogP) is 6.60. The number of aliphatic hydroxyl groups is 3. The number of hydrogen-bond acceptors (Lipinski definition) is 11. The fourth-order valence-corrected chi connectivity index (χ4v) is 11.1. The van der Waals surface area contributed by atoms with Gasteiger partial charge in [-0.1, -0.05) is 79.6 Å². The predicted molar refractivity (Wildman–Crippen MR) is 228 cm³/mol. The van der Waals surface area contributed by atoms with Gasteiger partial charge in [-0.25, -0.2) is 9.59 Å². The third-order valence-corrected chi connectivity index (χ3v) is 14.6. The number of aliphatic hydroxyl groups excluding tert-OH is 2. The molecule has 12 heteroatoms. The summed E-state index contributed by atoms with van der Waals surface area (Å²) in [7, 11) is 0. The molecule has 0 aliphatic heterocycles. The molecule has 61 heavy (non-hydrogen) atoms. The first-order chi connectivity index (χ1) is 29.2. The molecular formula is C49H65NO11. The van der Waals surface area contributed by atoms with Gasteiger partial charge in [0.05, 0.1) is 12.2 Å². The molecule has 1 aromatic rings. The van der Waals surface area contributed by atoms with Crippen molar-refractivity contribution in [3.8, 4) is 0 Å². The molecule has 0 bridgehead atoms. The van der Waals surface area contributed by atoms with Crippen molar-refractivity contribution in [3.05, 3.63) is 83.5 Å². The van der Waals surface area contributed by atoms with Crippen LogP contribution in [-0.4, -0.2) is 88.6 Å². The van der Waals surface area contributed by atoms with E-state index in [1.807, 2.05) is 62.4 Å². The number of rotatable bonds is 18. The monoisotopic (exact) mass is 843 g/mol. The maximum absolute atomic E-state index is 13.7. The van der Waals surface area contributed by atoms with Crippen molar-refractivity contribution in [1.82, 2.24) is 5.32 Å². The van der Waals surface area contributed by atoms with Crippen molar-refractivity contribution in [1.29, 1.82) is 0 Å². The second-order valence-electron chi connectivity index (χ2n) is 18.3. The number of aryl methyl sites for hydroxylation is 1. The number of nitrogens with one attached hydrogen (secondary N) is 1. The Labute approximate surface area is 359 Å². The van der Waals surface area contributed by atoms with E-state index in [4.69, 9.17) is 14.2 Å². The molecule has 6 rings (SSSR count). The normalized spacial score (nSPS) is 32.3. The first kappa shape index (κ1) is 46.1. The molecule has 1 amide bonds. The van der Waals surface area contributed by atoms with Gasteiger partial charge in [-0.05, 0) is 113 Å². The number of fused-ring (bicyclic) bond motifs is 5. The van der Waals surface area contributed by atoms with E-state index >= 15 is 0 Å². The second-order valence-corrected chi connectivity index (χ2v) is 18.3. The van der Waals surface area contributed by atoms with Crippen LogP contribution in [0.4, 0.5) is 4.79 Å². The van der Waals surface area contributed by atoms with Crippen LogP contribution in [0.1, 0.15) is 110 Å². The van der Waals surface area contributed by atoms with Gasteiger partial charge in [0.25, 0.3) is 0 Å². The highest BCUT2D eigenvalue weighted by Crippen LogP contribution is 2.65. The molecule has 0 heterocycles. The standard InChI is InChI=1S/C49H65NO11/c1-4-50-44(55)15-11-6-5-10-14-36-37(42(53)29-41(36)52)21-19-35(18-16-32-12-8-7-9-13-32)61-45(56)31-60-46(57)59-30-43(54)49(58)27-24-40-38-20-17-33-28-34(51)22-25-47(33,2)39(38)23-26-48(40,49)3/h5,7-10,12-13,19,21,23,28,35-38,40-42,52-53,58H,4,6,11,14-18,20,22,24-27,29-31H2,1-3H3,(H,50,55)/b10-5-,21-19+/t35-,36+,37+,38+,40-,41-,42+,47-,48-,49-/m0/s1. The number of esters is 1. The molecule has 10 atom stereocenters. The van der Waals surface area contributed by atoms with Gasteiger partial charge < -0.3 is 34.8 Å². The van der Waals surface area contributed by atoms with Crippen molar-refractivity contribution in [3.63, 3.8) is 0 Å². The summed E-state index contributed by atoms with van der Waals surface area (Å²) in [4.78, 5) is 63.4. The summed E-state index contributed by atoms with van der Waals surface area (Å²) in [6, 6.07) is 9.68. The maximum atomic E-state index is 13.7. The lowest BCUT2D eigenvalue weighted by Crippen LogP contribution is -2.55. The fourth-order valence-electron chi connectivity index (χ4n) is 11.1. The average molecular weight is 844 g/mol. The van der Waals surface area contributed by atoms with Crippen molar-refractivity contribution >= 4 is 29.6 Å². The summed E-state index contributed by atoms with van der Waals surface area (Å²) in [5.41, 5.74) is 0.916. The Bertz CT molecular complexity index is 1890. The Kier molecular flexibility index (Phi) is 15.3. The molecule has 5 aliphatic rings. The van der Waals surface area contributed by atoms with Crippen LogP contribution in [0.5, 0.6) is 0 Å². The minimum Gasteiger partial charge on any atom is -0.456 e. The number of hydrogen-bond donors (Lipinski definition) is 4. The smallest absolute Gasteiger partial charge is 0.456 e. The Hall–Kier alpha value is -4.39. The van der Waals surface area contributed by atoms with Crippen LogP contribution in [0.2, 0.25) is 0 Å². The second kappa shape index (κ2) is 20.2. The minimum absolute atomic E-state index is 0.0194. The molecule has 0 spiro atoms. The Morgan fingerprint density at radius 2 is 1.75 bits per heavy atom. The van der Waals surface area contributed by atoms with E-state index in [1.54, 1.807) is 12.2 Å². The Balaban J connectivity index is 1.01. The lowest BCUT2D eigenvalue weighted by atomic mass is 9.50. The third-order valence-electron chi connectivity index (χ3n) is 14.6. The molecule has 0 aromatic heterocycles. The van der Waals surface area contributed by atoms with E-state index in [0.717, 1.165) is 31.2 Å². The highest BCUT2D eigenvalue weighted by atomic mass is 16.7. The molecule has 332 valence electrons. The van der Waals surface area contributed by atoms with Crippen molar-refractivity contribution in [2.75, 3.05) is 19.8 Å². The van der Waals surface area contributed by atoms with Crippen LogP contribution in [0, 0.1) is 34.5 Å². The minimum atomic E-state index is -1.71. The van der Waals surface area contributed by atoms with Crippen LogP contribution in [0.15, 0.2) is 77.9 Å². The van der Waals surface area contributed by atoms with Gasteiger partial charge in [-0.3, -0.25) is 14.4 Å². The number of Topliss-reactive ketones (excluding diaryl/α,β-unsaturated/α-hetero) is 1. The van der Waals surface area contributed by atoms with Crippen LogP contribution in [0.3, 0.4) is 0 Å². The van der Waals surface area contributed by atoms with E-state index in [0.29, 0.717) is 57.9 Å². The van der Waals surface area contributed by atoms with Gasteiger partial charge in [0.2, 0.25) is 11.7 Å². The number of unbranched alkanes of at least 4 members (excludes halogenated alkanes) is 1. The molecular weight excluding hydrogens is 779 g/mol. The van der Waals surface area contributed by atoms with Gasteiger partial charge in [0.15, 0.2) is 19.0 Å². The topological polar surface area (TPSA) is 186 Å². The zero-order chi connectivity index (χ0) is 43.8. The van der Waals surface area contributed by atoms with Crippen LogP contribution >= 0.6 is 0 Å². The zero-order valence-electron chi connectivity index (χ0n) is 36.0. The third kappa shape index (κ3) is 10.5. The van der Waals surface area contributed by atoms with E-state index in [2.05, 4.69) is 18.3 Å². The Morgan fingerprint density at radius 3 is 2.52 bits per heavy atom. The molecule has 5 aliphatic carbocycles. The van der Waals surface area contributed by atoms with E-state index in [1.165, 1.54) is 11.1 Å². The van der Waals surface area contributed by atoms with Crippen molar-refractivity contribution in [2.24, 2.45) is 34.5 Å². The first-order valence-corrected chi connectivity index (χ1v) is 22.4. The number of ether oxygens (including phenoxy) is 3. The summed E-state index contributed by atoms with van der Waals surface area (Å²) >= 11 is 0. The molecule has 0 saturated heterocycles. The lowest BCUT2D eigenvalue weighted by Gasteiger charge is -2.54. The lowest BCUT2D eigenvalue weighted by molar-refractivity contribution is -0.157. The van der Waals surface area contributed by atoms with Gasteiger partial charge >= 0.3 is 12.1 Å². The number of allylic oxidation sites excluding steroid dienone is 6. The number of benzene rings is 1. The summed E-state index contributed by atoms with van der Waals surface area (Å²) in [6.45, 7) is 5.19. The van der Waals surface area contributed by atoms with E-state index in [9.17, 15) is 39.3 Å². The van der Waals surface area contributed by atoms with Gasteiger partial charge in [0.1, 0.15) is 11.7 Å². The molecule has 0 radical (unpaired) electrons. The number of amides is 1. The zero-order valence-corrected chi connectivity index (χ0v) is 36.0. The average Bonchev–Trinajstić information content (AvgIpc) is 3.68. The summed E-state index contributed by atoms with van der Waals surface area (Å²) < 4.78 is 16.0. The number of ketones is 2. The first-order valence-electron chi connectivity index (χ1n) is 22.4. The molecule has 4 N–H and O–H groups in total. The largest absolute Gasteiger partial charge is 0.509 e. The molecule has 0 unspecified atom stereocenters. The number of carbonyl (C=O) groups is 5. The SMILES string of the molecule is CCNC(=O)CCC/C=C\C[C@@H]1[C@@H](/C=C/[C@H](CCc2ccccc2)OC(=O)COC(=O)OCC(=O)[C@@]2(O)CC[C@H]3[C@@H]4CCC5=CC(=O)CC[C@]5(C)C4=CC[C@@]32C)[C@H](O)C[C@@H]1O. The summed E-state index contributed by atoms with van der Waals surface area (Å²) in [6.07, 6.45) is 16.0. The summed E-state index contributed by atoms with van der Waals surface area (Å²) in [5, 5.41) is 36.4. The summed E-state index contributed by atoms with van der Waals surface area (Å²) in [5.74, 6) is -1.63. The van der Waals surface area contributed by atoms with E-state index < -0.39 is 66.4 Å². The molecule has 12 nitrogen and oxygen atoms in total. The highest BCUT2D eigenvalue weighted by molar-refractivity contribution is 5.92. The van der Waals surface area contributed by atoms with Gasteiger partial charge in [-0.15, -0.1) is 0 Å². The van der Waals surface area contributed by atoms with Crippen molar-refractivity contribution in [2.45, 2.75) is 135 Å². The number of carbonyl (C=O) groups excluding carboxylic acids is 5. The van der Waals surface area contributed by atoms with Crippen LogP contribution in [0.25, 0.3) is 0 Å². The fraction of sp³-hybridized carbons (Fsp3) is 0.612. The molecule has 3 saturated carbocycles. The molecule has 3 fully saturated rings. The maximum Gasteiger partial charge on any atom is 0.509 e. The van der Waals surface area contributed by atoms with Crippen LogP contribution < -0.4 is 5.32 Å². The van der Waals surface area contributed by atoms with Gasteiger partial charge in [-0.2, -0.15) is 0 Å². The van der Waals surface area contributed by atoms with E-state index in [-0.39, 0.29) is 47.7 Å². The van der Waals surface area contributed by atoms with Crippen LogP contribution in [-0.2, 0) is 39.8 Å². The van der Waals surface area contributed by atoms with Gasteiger partial charge in [0, 0.05) is 42.6 Å². The van der Waals surface area contributed by atoms with Crippen molar-refractivity contribution < 1.29 is 53.5 Å². The molecule has 1 aromatic carbocycles. The quantitative estimate of drug-likeness (QED) is 0.0709. The highest BCUT2D eigenvalue weighted by Gasteiger charge is 2.64.